The van der Waals surface area contributed by atoms with Gasteiger partial charge in [-0.05, 0) is 50.9 Å². The molecule has 2 aliphatic heterocycles. The summed E-state index contributed by atoms with van der Waals surface area (Å²) in [6, 6.07) is 8.17. The van der Waals surface area contributed by atoms with Crippen molar-refractivity contribution in [1.82, 2.24) is 10.6 Å². The molecular weight excluding hydrogens is 298 g/mol. The van der Waals surface area contributed by atoms with Crippen molar-refractivity contribution >= 4 is 23.2 Å². The summed E-state index contributed by atoms with van der Waals surface area (Å²) in [4.78, 5) is 14.7. The summed E-state index contributed by atoms with van der Waals surface area (Å²) in [5.41, 5.74) is 1.07. The van der Waals surface area contributed by atoms with Crippen LogP contribution in [0.15, 0.2) is 24.3 Å². The van der Waals surface area contributed by atoms with Crippen LogP contribution in [-0.4, -0.2) is 38.1 Å². The third-order valence-electron chi connectivity index (χ3n) is 4.67. The van der Waals surface area contributed by atoms with Gasteiger partial charge in [0, 0.05) is 25.0 Å². The van der Waals surface area contributed by atoms with Crippen molar-refractivity contribution in [2.24, 2.45) is 5.92 Å². The molecule has 1 amide bonds. The van der Waals surface area contributed by atoms with Gasteiger partial charge in [0.2, 0.25) is 5.91 Å². The Balaban J connectivity index is 1.58. The Hall–Kier alpha value is -1.26. The first-order valence-electron chi connectivity index (χ1n) is 8.24. The zero-order valence-corrected chi connectivity index (χ0v) is 13.6. The van der Waals surface area contributed by atoms with Crippen LogP contribution in [0.5, 0.6) is 0 Å². The van der Waals surface area contributed by atoms with Crippen LogP contribution >= 0.6 is 11.6 Å². The number of para-hydroxylation sites is 1. The molecule has 2 heterocycles. The number of piperidine rings is 2. The number of nitrogens with one attached hydrogen (secondary N) is 2. The summed E-state index contributed by atoms with van der Waals surface area (Å²) in [5.74, 6) is 0.407. The first-order chi connectivity index (χ1) is 10.7. The van der Waals surface area contributed by atoms with Crippen LogP contribution in [0.4, 0.5) is 5.69 Å². The Morgan fingerprint density at radius 1 is 1.23 bits per heavy atom. The molecule has 0 saturated carbocycles. The van der Waals surface area contributed by atoms with Crippen molar-refractivity contribution in [3.63, 3.8) is 0 Å². The van der Waals surface area contributed by atoms with Crippen molar-refractivity contribution in [3.05, 3.63) is 29.3 Å². The normalized spacial score (nSPS) is 23.3. The molecule has 2 aliphatic rings. The molecule has 0 radical (unpaired) electrons. The lowest BCUT2D eigenvalue weighted by molar-refractivity contribution is -0.126. The highest BCUT2D eigenvalue weighted by Gasteiger charge is 2.26. The van der Waals surface area contributed by atoms with Crippen LogP contribution in [0.3, 0.4) is 0 Å². The lowest BCUT2D eigenvalue weighted by atomic mass is 9.96. The Bertz CT molecular complexity index is 516. The van der Waals surface area contributed by atoms with Gasteiger partial charge in [0.05, 0.1) is 10.7 Å². The highest BCUT2D eigenvalue weighted by Crippen LogP contribution is 2.28. The van der Waals surface area contributed by atoms with Gasteiger partial charge in [-0.3, -0.25) is 4.79 Å². The van der Waals surface area contributed by atoms with Crippen LogP contribution in [0.2, 0.25) is 5.02 Å². The van der Waals surface area contributed by atoms with Gasteiger partial charge in [-0.2, -0.15) is 0 Å². The van der Waals surface area contributed by atoms with Crippen LogP contribution in [0, 0.1) is 5.92 Å². The lowest BCUT2D eigenvalue weighted by Gasteiger charge is -2.36. The fraction of sp³-hybridized carbons (Fsp3) is 0.588. The third kappa shape index (κ3) is 3.73. The maximum Gasteiger partial charge on any atom is 0.223 e. The first kappa shape index (κ1) is 15.6. The molecule has 2 saturated heterocycles. The molecule has 0 aromatic heterocycles. The van der Waals surface area contributed by atoms with E-state index in [1.54, 1.807) is 0 Å². The number of amides is 1. The van der Waals surface area contributed by atoms with Crippen molar-refractivity contribution in [3.8, 4) is 0 Å². The smallest absolute Gasteiger partial charge is 0.223 e. The molecule has 2 N–H and O–H groups in total. The van der Waals surface area contributed by atoms with Gasteiger partial charge in [-0.25, -0.2) is 0 Å². The second-order valence-corrected chi connectivity index (χ2v) is 6.68. The summed E-state index contributed by atoms with van der Waals surface area (Å²) < 4.78 is 0. The highest BCUT2D eigenvalue weighted by atomic mass is 35.5. The van der Waals surface area contributed by atoms with E-state index in [2.05, 4.69) is 21.6 Å². The molecule has 0 spiro atoms. The molecular formula is C17H24ClN3O. The highest BCUT2D eigenvalue weighted by molar-refractivity contribution is 6.33. The summed E-state index contributed by atoms with van der Waals surface area (Å²) in [6.07, 6.45) is 4.04. The van der Waals surface area contributed by atoms with Gasteiger partial charge in [-0.15, -0.1) is 0 Å². The molecule has 1 unspecified atom stereocenters. The van der Waals surface area contributed by atoms with E-state index in [-0.39, 0.29) is 17.9 Å². The van der Waals surface area contributed by atoms with Gasteiger partial charge in [0.15, 0.2) is 0 Å². The second kappa shape index (κ2) is 7.34. The van der Waals surface area contributed by atoms with E-state index < -0.39 is 0 Å². The summed E-state index contributed by atoms with van der Waals surface area (Å²) in [7, 11) is 0. The van der Waals surface area contributed by atoms with Crippen molar-refractivity contribution in [2.45, 2.75) is 31.7 Å². The molecule has 0 bridgehead atoms. The van der Waals surface area contributed by atoms with Gasteiger partial charge in [-0.1, -0.05) is 23.7 Å². The Morgan fingerprint density at radius 2 is 2.00 bits per heavy atom. The quantitative estimate of drug-likeness (QED) is 0.898. The van der Waals surface area contributed by atoms with Crippen LogP contribution < -0.4 is 15.5 Å². The fourth-order valence-corrected chi connectivity index (χ4v) is 3.68. The molecule has 5 heteroatoms. The van der Waals surface area contributed by atoms with Gasteiger partial charge in [0.1, 0.15) is 0 Å². The molecule has 120 valence electrons. The largest absolute Gasteiger partial charge is 0.368 e. The number of benzene rings is 1. The minimum absolute atomic E-state index is 0.178. The first-order valence-corrected chi connectivity index (χ1v) is 8.62. The molecule has 3 rings (SSSR count). The number of carbonyl (C=O) groups is 1. The Kier molecular flexibility index (Phi) is 5.21. The van der Waals surface area contributed by atoms with E-state index in [0.717, 1.165) is 62.6 Å². The van der Waals surface area contributed by atoms with E-state index in [1.165, 1.54) is 0 Å². The Morgan fingerprint density at radius 3 is 2.77 bits per heavy atom. The second-order valence-electron chi connectivity index (χ2n) is 6.27. The van der Waals surface area contributed by atoms with E-state index in [1.807, 2.05) is 18.2 Å². The summed E-state index contributed by atoms with van der Waals surface area (Å²) in [5, 5.41) is 7.35. The van der Waals surface area contributed by atoms with Crippen molar-refractivity contribution in [1.29, 1.82) is 0 Å². The van der Waals surface area contributed by atoms with Crippen molar-refractivity contribution in [2.75, 3.05) is 31.1 Å². The molecule has 2 fully saturated rings. The molecule has 22 heavy (non-hydrogen) atoms. The van der Waals surface area contributed by atoms with E-state index in [0.29, 0.717) is 0 Å². The molecule has 0 aliphatic carbocycles. The standard InChI is InChI=1S/C17H24ClN3O/c18-15-5-1-2-6-16(15)21-11-3-4-14(12-21)20-17(22)13-7-9-19-10-8-13/h1-2,5-6,13-14,19H,3-4,7-12H2,(H,20,22). The predicted octanol–water partition coefficient (Wildman–Crippen LogP) is 2.42. The molecule has 4 nitrogen and oxygen atoms in total. The van der Waals surface area contributed by atoms with E-state index in [4.69, 9.17) is 11.6 Å². The summed E-state index contributed by atoms with van der Waals surface area (Å²) >= 11 is 6.30. The van der Waals surface area contributed by atoms with Gasteiger partial charge in [0.25, 0.3) is 0 Å². The number of nitrogens with zero attached hydrogens (tertiary/aromatic N) is 1. The van der Waals surface area contributed by atoms with Crippen molar-refractivity contribution < 1.29 is 4.79 Å². The molecule has 1 aromatic carbocycles. The topological polar surface area (TPSA) is 44.4 Å². The number of hydrogen-bond acceptors (Lipinski definition) is 3. The fourth-order valence-electron chi connectivity index (χ4n) is 3.43. The SMILES string of the molecule is O=C(NC1CCCN(c2ccccc2Cl)C1)C1CCNCC1. The number of halogens is 1. The average Bonchev–Trinajstić information content (AvgIpc) is 2.56. The van der Waals surface area contributed by atoms with Crippen LogP contribution in [0.25, 0.3) is 0 Å². The molecule has 1 aromatic rings. The summed E-state index contributed by atoms with van der Waals surface area (Å²) in [6.45, 7) is 3.76. The average molecular weight is 322 g/mol. The zero-order valence-electron chi connectivity index (χ0n) is 12.9. The van der Waals surface area contributed by atoms with Crippen LogP contribution in [0.1, 0.15) is 25.7 Å². The van der Waals surface area contributed by atoms with Gasteiger partial charge >= 0.3 is 0 Å². The van der Waals surface area contributed by atoms with E-state index >= 15 is 0 Å². The predicted molar refractivity (Wildman–Crippen MR) is 90.4 cm³/mol. The minimum atomic E-state index is 0.178. The number of rotatable bonds is 3. The maximum atomic E-state index is 12.4. The van der Waals surface area contributed by atoms with E-state index in [9.17, 15) is 4.79 Å². The number of carbonyl (C=O) groups excluding carboxylic acids is 1. The monoisotopic (exact) mass is 321 g/mol. The third-order valence-corrected chi connectivity index (χ3v) is 4.99. The Labute approximate surface area is 137 Å². The van der Waals surface area contributed by atoms with Crippen LogP contribution in [-0.2, 0) is 4.79 Å². The zero-order chi connectivity index (χ0) is 15.4. The molecule has 1 atom stereocenters. The van der Waals surface area contributed by atoms with Gasteiger partial charge < -0.3 is 15.5 Å². The maximum absolute atomic E-state index is 12.4. The lowest BCUT2D eigenvalue weighted by Crippen LogP contribution is -2.50. The number of hydrogen-bond donors (Lipinski definition) is 2. The number of anilines is 1. The minimum Gasteiger partial charge on any atom is -0.368 e.